The van der Waals surface area contributed by atoms with Crippen molar-refractivity contribution in [3.63, 3.8) is 0 Å². The lowest BCUT2D eigenvalue weighted by atomic mass is 9.89. The van der Waals surface area contributed by atoms with Crippen molar-refractivity contribution in [3.8, 4) is 11.1 Å². The number of ketones is 1. The van der Waals surface area contributed by atoms with Crippen LogP contribution in [0.2, 0.25) is 0 Å². The van der Waals surface area contributed by atoms with Crippen LogP contribution in [0.25, 0.3) is 11.1 Å². The number of hydrogen-bond donors (Lipinski definition) is 0. The number of benzene rings is 2. The summed E-state index contributed by atoms with van der Waals surface area (Å²) in [4.78, 5) is 18.0. The maximum Gasteiger partial charge on any atom is 0.167 e. The van der Waals surface area contributed by atoms with Gasteiger partial charge >= 0.3 is 0 Å². The molecule has 4 heteroatoms. The molecule has 0 aromatic heterocycles. The van der Waals surface area contributed by atoms with Gasteiger partial charge in [-0.05, 0) is 30.5 Å². The van der Waals surface area contributed by atoms with Crippen LogP contribution in [-0.2, 0) is 4.74 Å². The highest BCUT2D eigenvalue weighted by molar-refractivity contribution is 5.98. The Hall–Kier alpha value is -2.01. The van der Waals surface area contributed by atoms with Crippen molar-refractivity contribution in [2.75, 3.05) is 52.5 Å². The van der Waals surface area contributed by atoms with E-state index in [4.69, 9.17) is 4.74 Å². The summed E-state index contributed by atoms with van der Waals surface area (Å²) in [6.07, 6.45) is 2.12. The Morgan fingerprint density at radius 1 is 0.857 bits per heavy atom. The summed E-state index contributed by atoms with van der Waals surface area (Å²) < 4.78 is 5.43. The number of ether oxygens (including phenoxy) is 1. The fourth-order valence-electron chi connectivity index (χ4n) is 4.27. The molecular weight excluding hydrogens is 348 g/mol. The molecular formula is C24H30N2O2. The van der Waals surface area contributed by atoms with Gasteiger partial charge in [-0.1, -0.05) is 54.6 Å². The van der Waals surface area contributed by atoms with E-state index in [9.17, 15) is 4.79 Å². The Morgan fingerprint density at radius 2 is 1.54 bits per heavy atom. The average Bonchev–Trinajstić information content (AvgIpc) is 2.79. The molecule has 28 heavy (non-hydrogen) atoms. The van der Waals surface area contributed by atoms with Crippen molar-refractivity contribution in [2.45, 2.75) is 12.8 Å². The van der Waals surface area contributed by atoms with Gasteiger partial charge in [-0.25, -0.2) is 0 Å². The molecule has 0 spiro atoms. The monoisotopic (exact) mass is 378 g/mol. The first-order valence-electron chi connectivity index (χ1n) is 10.5. The molecule has 148 valence electrons. The molecule has 0 amide bonds. The van der Waals surface area contributed by atoms with Crippen molar-refractivity contribution in [1.29, 1.82) is 0 Å². The van der Waals surface area contributed by atoms with Crippen molar-refractivity contribution in [2.24, 2.45) is 5.92 Å². The topological polar surface area (TPSA) is 32.8 Å². The summed E-state index contributed by atoms with van der Waals surface area (Å²) in [5.74, 6) is 0.427. The molecule has 2 aromatic carbocycles. The number of morpholine rings is 1. The van der Waals surface area contributed by atoms with Gasteiger partial charge in [-0.15, -0.1) is 0 Å². The zero-order chi connectivity index (χ0) is 19.2. The molecule has 2 heterocycles. The first kappa shape index (κ1) is 19.3. The summed E-state index contributed by atoms with van der Waals surface area (Å²) in [5, 5.41) is 0. The van der Waals surface area contributed by atoms with Crippen LogP contribution in [0.4, 0.5) is 0 Å². The first-order chi connectivity index (χ1) is 13.8. The van der Waals surface area contributed by atoms with Crippen molar-refractivity contribution >= 4 is 5.78 Å². The Labute approximate surface area is 168 Å². The van der Waals surface area contributed by atoms with E-state index in [1.54, 1.807) is 0 Å². The summed E-state index contributed by atoms with van der Waals surface area (Å²) in [6.45, 7) is 7.89. The molecule has 2 aliphatic heterocycles. The summed E-state index contributed by atoms with van der Waals surface area (Å²) in [5.41, 5.74) is 3.20. The standard InChI is InChI=1S/C24H30N2O2/c27-24(22-10-8-21(9-11-22)20-5-2-1-3-6-20)23-7-4-12-26(19-23)14-13-25-15-17-28-18-16-25/h1-3,5-6,8-11,23H,4,7,12-19H2. The summed E-state index contributed by atoms with van der Waals surface area (Å²) in [7, 11) is 0. The summed E-state index contributed by atoms with van der Waals surface area (Å²) >= 11 is 0. The van der Waals surface area contributed by atoms with Crippen molar-refractivity contribution in [1.82, 2.24) is 9.80 Å². The maximum absolute atomic E-state index is 13.0. The number of carbonyl (C=O) groups excluding carboxylic acids is 1. The quantitative estimate of drug-likeness (QED) is 0.720. The first-order valence-corrected chi connectivity index (χ1v) is 10.5. The lowest BCUT2D eigenvalue weighted by molar-refractivity contribution is 0.0308. The Kier molecular flexibility index (Phi) is 6.53. The number of rotatable bonds is 6. The second-order valence-corrected chi connectivity index (χ2v) is 7.90. The van der Waals surface area contributed by atoms with Gasteiger partial charge in [-0.3, -0.25) is 9.69 Å². The average molecular weight is 379 g/mol. The molecule has 4 rings (SSSR count). The molecule has 0 bridgehead atoms. The van der Waals surface area contributed by atoms with Crippen molar-refractivity contribution in [3.05, 3.63) is 60.2 Å². The third-order valence-electron chi connectivity index (χ3n) is 5.99. The highest BCUT2D eigenvalue weighted by Crippen LogP contribution is 2.24. The number of hydrogen-bond acceptors (Lipinski definition) is 4. The number of Topliss-reactive ketones (excluding diaryl/α,β-unsaturated/α-hetero) is 1. The largest absolute Gasteiger partial charge is 0.379 e. The molecule has 2 saturated heterocycles. The molecule has 0 saturated carbocycles. The van der Waals surface area contributed by atoms with E-state index in [0.717, 1.165) is 76.5 Å². The third kappa shape index (κ3) is 4.88. The Morgan fingerprint density at radius 3 is 2.29 bits per heavy atom. The predicted molar refractivity (Wildman–Crippen MR) is 113 cm³/mol. The molecule has 1 atom stereocenters. The second-order valence-electron chi connectivity index (χ2n) is 7.90. The van der Waals surface area contributed by atoms with Gasteiger partial charge in [0.1, 0.15) is 0 Å². The number of likely N-dealkylation sites (tertiary alicyclic amines) is 1. The minimum Gasteiger partial charge on any atom is -0.379 e. The molecule has 0 N–H and O–H groups in total. The Balaban J connectivity index is 1.33. The lowest BCUT2D eigenvalue weighted by Gasteiger charge is -2.34. The second kappa shape index (κ2) is 9.46. The van der Waals surface area contributed by atoms with Gasteiger partial charge in [0.25, 0.3) is 0 Å². The van der Waals surface area contributed by atoms with Gasteiger partial charge < -0.3 is 9.64 Å². The van der Waals surface area contributed by atoms with E-state index >= 15 is 0 Å². The normalized spacial score (nSPS) is 21.5. The molecule has 4 nitrogen and oxygen atoms in total. The van der Waals surface area contributed by atoms with E-state index < -0.39 is 0 Å². The molecule has 0 radical (unpaired) electrons. The highest BCUT2D eigenvalue weighted by atomic mass is 16.5. The number of carbonyl (C=O) groups is 1. The minimum absolute atomic E-state index is 0.126. The summed E-state index contributed by atoms with van der Waals surface area (Å²) in [6, 6.07) is 18.5. The molecule has 2 aromatic rings. The van der Waals surface area contributed by atoms with Gasteiger partial charge in [-0.2, -0.15) is 0 Å². The van der Waals surface area contributed by atoms with Crippen LogP contribution in [0.15, 0.2) is 54.6 Å². The smallest absolute Gasteiger partial charge is 0.167 e. The minimum atomic E-state index is 0.126. The predicted octanol–water partition coefficient (Wildman–Crippen LogP) is 3.58. The van der Waals surface area contributed by atoms with E-state index in [0.29, 0.717) is 5.78 Å². The SMILES string of the molecule is O=C(c1ccc(-c2ccccc2)cc1)C1CCCN(CCN2CCOCC2)C1. The van der Waals surface area contributed by atoms with E-state index in [-0.39, 0.29) is 5.92 Å². The third-order valence-corrected chi connectivity index (χ3v) is 5.99. The lowest BCUT2D eigenvalue weighted by Crippen LogP contribution is -2.45. The fourth-order valence-corrected chi connectivity index (χ4v) is 4.27. The Bertz CT molecular complexity index is 754. The molecule has 2 fully saturated rings. The van der Waals surface area contributed by atoms with E-state index in [1.165, 1.54) is 5.56 Å². The van der Waals surface area contributed by atoms with Gasteiger partial charge in [0.15, 0.2) is 5.78 Å². The zero-order valence-corrected chi connectivity index (χ0v) is 16.6. The van der Waals surface area contributed by atoms with Crippen LogP contribution in [0.1, 0.15) is 23.2 Å². The molecule has 1 unspecified atom stereocenters. The number of nitrogens with zero attached hydrogens (tertiary/aromatic N) is 2. The van der Waals surface area contributed by atoms with Crippen LogP contribution in [0.3, 0.4) is 0 Å². The van der Waals surface area contributed by atoms with Crippen LogP contribution in [0.5, 0.6) is 0 Å². The van der Waals surface area contributed by atoms with Gasteiger partial charge in [0.05, 0.1) is 13.2 Å². The fraction of sp³-hybridized carbons (Fsp3) is 0.458. The van der Waals surface area contributed by atoms with Crippen LogP contribution in [-0.4, -0.2) is 68.1 Å². The van der Waals surface area contributed by atoms with Crippen LogP contribution >= 0.6 is 0 Å². The van der Waals surface area contributed by atoms with Crippen LogP contribution in [0, 0.1) is 5.92 Å². The molecule has 2 aliphatic rings. The zero-order valence-electron chi connectivity index (χ0n) is 16.6. The van der Waals surface area contributed by atoms with Gasteiger partial charge in [0.2, 0.25) is 0 Å². The maximum atomic E-state index is 13.0. The molecule has 0 aliphatic carbocycles. The van der Waals surface area contributed by atoms with Gasteiger partial charge in [0, 0.05) is 44.2 Å². The van der Waals surface area contributed by atoms with E-state index in [2.05, 4.69) is 34.1 Å². The van der Waals surface area contributed by atoms with Crippen molar-refractivity contribution < 1.29 is 9.53 Å². The van der Waals surface area contributed by atoms with Crippen LogP contribution < -0.4 is 0 Å². The van der Waals surface area contributed by atoms with E-state index in [1.807, 2.05) is 30.3 Å². The number of piperidine rings is 1. The highest BCUT2D eigenvalue weighted by Gasteiger charge is 2.26.